The lowest BCUT2D eigenvalue weighted by molar-refractivity contribution is 0.0390. The Hall–Kier alpha value is -1.19. The first-order chi connectivity index (χ1) is 8.49. The third-order valence-corrected chi connectivity index (χ3v) is 3.86. The molecule has 0 spiro atoms. The molecule has 18 heavy (non-hydrogen) atoms. The van der Waals surface area contributed by atoms with Gasteiger partial charge in [-0.15, -0.1) is 0 Å². The van der Waals surface area contributed by atoms with Crippen LogP contribution in [0.15, 0.2) is 30.3 Å². The van der Waals surface area contributed by atoms with Gasteiger partial charge in [0.25, 0.3) is 0 Å². The summed E-state index contributed by atoms with van der Waals surface area (Å²) < 4.78 is 0. The van der Waals surface area contributed by atoms with Crippen molar-refractivity contribution in [2.45, 2.75) is 19.4 Å². The summed E-state index contributed by atoms with van der Waals surface area (Å²) in [7, 11) is 2.15. The zero-order valence-electron chi connectivity index (χ0n) is 11.5. The van der Waals surface area contributed by atoms with E-state index in [-0.39, 0.29) is 11.3 Å². The Morgan fingerprint density at radius 3 is 2.50 bits per heavy atom. The molecule has 98 valence electrons. The normalized spacial score (nSPS) is 20.8. The standard InChI is InChI=1S/C15H22N2O/c1-15(2)12-17(10-9-16(15)3)11-14(18)13-7-5-4-6-8-13/h4-8H,9-12H2,1-3H3. The van der Waals surface area contributed by atoms with Crippen LogP contribution in [0, 0.1) is 0 Å². The topological polar surface area (TPSA) is 23.6 Å². The van der Waals surface area contributed by atoms with E-state index in [1.54, 1.807) is 0 Å². The fraction of sp³-hybridized carbons (Fsp3) is 0.533. The lowest BCUT2D eigenvalue weighted by Gasteiger charge is -2.45. The molecular weight excluding hydrogens is 224 g/mol. The number of Topliss-reactive ketones (excluding diaryl/α,β-unsaturated/α-hetero) is 1. The van der Waals surface area contributed by atoms with Crippen molar-refractivity contribution in [3.8, 4) is 0 Å². The van der Waals surface area contributed by atoms with Crippen molar-refractivity contribution < 1.29 is 4.79 Å². The Bertz CT molecular complexity index is 414. The Morgan fingerprint density at radius 2 is 1.89 bits per heavy atom. The molecule has 3 heteroatoms. The van der Waals surface area contributed by atoms with E-state index in [4.69, 9.17) is 0 Å². The fourth-order valence-electron chi connectivity index (χ4n) is 2.39. The number of hydrogen-bond donors (Lipinski definition) is 0. The van der Waals surface area contributed by atoms with Gasteiger partial charge in [0.15, 0.2) is 5.78 Å². The van der Waals surface area contributed by atoms with Gasteiger partial charge in [-0.25, -0.2) is 0 Å². The van der Waals surface area contributed by atoms with Crippen molar-refractivity contribution >= 4 is 5.78 Å². The lowest BCUT2D eigenvalue weighted by Crippen LogP contribution is -2.58. The van der Waals surface area contributed by atoms with E-state index in [2.05, 4.69) is 30.7 Å². The molecule has 1 aliphatic heterocycles. The average Bonchev–Trinajstić information content (AvgIpc) is 2.34. The van der Waals surface area contributed by atoms with Gasteiger partial charge in [0.2, 0.25) is 0 Å². The van der Waals surface area contributed by atoms with Gasteiger partial charge in [0.1, 0.15) is 0 Å². The molecule has 1 aromatic rings. The Labute approximate surface area is 109 Å². The van der Waals surface area contributed by atoms with Crippen LogP contribution < -0.4 is 0 Å². The van der Waals surface area contributed by atoms with Crippen LogP contribution >= 0.6 is 0 Å². The molecule has 3 nitrogen and oxygen atoms in total. The molecule has 0 atom stereocenters. The van der Waals surface area contributed by atoms with Crippen LogP contribution in [0.3, 0.4) is 0 Å². The van der Waals surface area contributed by atoms with Gasteiger partial charge in [-0.05, 0) is 20.9 Å². The lowest BCUT2D eigenvalue weighted by atomic mass is 9.99. The molecule has 0 saturated carbocycles. The molecule has 0 amide bonds. The quantitative estimate of drug-likeness (QED) is 0.761. The first kappa shape index (κ1) is 13.2. The predicted octanol–water partition coefficient (Wildman–Crippen LogP) is 1.90. The summed E-state index contributed by atoms with van der Waals surface area (Å²) in [4.78, 5) is 16.8. The number of rotatable bonds is 3. The van der Waals surface area contributed by atoms with Crippen molar-refractivity contribution in [3.05, 3.63) is 35.9 Å². The summed E-state index contributed by atoms with van der Waals surface area (Å²) >= 11 is 0. The van der Waals surface area contributed by atoms with E-state index in [0.29, 0.717) is 6.54 Å². The second kappa shape index (κ2) is 5.21. The molecule has 1 aromatic carbocycles. The van der Waals surface area contributed by atoms with Gasteiger partial charge in [0.05, 0.1) is 6.54 Å². The molecule has 0 aromatic heterocycles. The second-order valence-electron chi connectivity index (χ2n) is 5.73. The molecule has 0 unspecified atom stereocenters. The number of carbonyl (C=O) groups excluding carboxylic acids is 1. The van der Waals surface area contributed by atoms with Gasteiger partial charge in [0, 0.05) is 30.7 Å². The number of piperazine rings is 1. The fourth-order valence-corrected chi connectivity index (χ4v) is 2.39. The molecule has 1 heterocycles. The van der Waals surface area contributed by atoms with Crippen LogP contribution in [0.2, 0.25) is 0 Å². The van der Waals surface area contributed by atoms with Gasteiger partial charge < -0.3 is 0 Å². The minimum Gasteiger partial charge on any atom is -0.299 e. The first-order valence-corrected chi connectivity index (χ1v) is 6.51. The van der Waals surface area contributed by atoms with Gasteiger partial charge >= 0.3 is 0 Å². The summed E-state index contributed by atoms with van der Waals surface area (Å²) in [6, 6.07) is 9.56. The maximum absolute atomic E-state index is 12.2. The monoisotopic (exact) mass is 246 g/mol. The number of ketones is 1. The largest absolute Gasteiger partial charge is 0.299 e. The van der Waals surface area contributed by atoms with E-state index >= 15 is 0 Å². The first-order valence-electron chi connectivity index (χ1n) is 6.51. The van der Waals surface area contributed by atoms with E-state index < -0.39 is 0 Å². The number of nitrogens with zero attached hydrogens (tertiary/aromatic N) is 2. The Balaban J connectivity index is 1.97. The summed E-state index contributed by atoms with van der Waals surface area (Å²) in [5.74, 6) is 0.218. The average molecular weight is 246 g/mol. The van der Waals surface area contributed by atoms with Gasteiger partial charge in [-0.1, -0.05) is 30.3 Å². The van der Waals surface area contributed by atoms with Crippen LogP contribution in [0.1, 0.15) is 24.2 Å². The zero-order valence-corrected chi connectivity index (χ0v) is 11.5. The summed E-state index contributed by atoms with van der Waals surface area (Å²) in [6.45, 7) is 7.93. The van der Waals surface area contributed by atoms with Gasteiger partial charge in [-0.3, -0.25) is 14.6 Å². The molecular formula is C15H22N2O. The van der Waals surface area contributed by atoms with Gasteiger partial charge in [-0.2, -0.15) is 0 Å². The molecule has 0 bridgehead atoms. The summed E-state index contributed by atoms with van der Waals surface area (Å²) in [5, 5.41) is 0. The molecule has 0 N–H and O–H groups in total. The summed E-state index contributed by atoms with van der Waals surface area (Å²) in [5.41, 5.74) is 0.962. The molecule has 0 radical (unpaired) electrons. The highest BCUT2D eigenvalue weighted by Crippen LogP contribution is 2.18. The number of likely N-dealkylation sites (N-methyl/N-ethyl adjacent to an activating group) is 1. The summed E-state index contributed by atoms with van der Waals surface area (Å²) in [6.07, 6.45) is 0. The molecule has 2 rings (SSSR count). The minimum atomic E-state index is 0.148. The number of carbonyl (C=O) groups is 1. The van der Waals surface area contributed by atoms with Crippen LogP contribution in [0.4, 0.5) is 0 Å². The van der Waals surface area contributed by atoms with E-state index in [1.807, 2.05) is 30.3 Å². The maximum atomic E-state index is 12.2. The highest BCUT2D eigenvalue weighted by atomic mass is 16.1. The molecule has 1 fully saturated rings. The predicted molar refractivity (Wildman–Crippen MR) is 73.9 cm³/mol. The third kappa shape index (κ3) is 2.98. The van der Waals surface area contributed by atoms with E-state index in [0.717, 1.165) is 25.2 Å². The van der Waals surface area contributed by atoms with Crippen LogP contribution in [0.5, 0.6) is 0 Å². The van der Waals surface area contributed by atoms with E-state index in [1.165, 1.54) is 0 Å². The third-order valence-electron chi connectivity index (χ3n) is 3.86. The van der Waals surface area contributed by atoms with Crippen molar-refractivity contribution in [2.24, 2.45) is 0 Å². The van der Waals surface area contributed by atoms with Crippen molar-refractivity contribution in [1.82, 2.24) is 9.80 Å². The highest BCUT2D eigenvalue weighted by Gasteiger charge is 2.31. The van der Waals surface area contributed by atoms with Crippen LogP contribution in [-0.2, 0) is 0 Å². The molecule has 1 aliphatic rings. The number of hydrogen-bond acceptors (Lipinski definition) is 3. The Morgan fingerprint density at radius 1 is 1.22 bits per heavy atom. The Kier molecular flexibility index (Phi) is 3.83. The minimum absolute atomic E-state index is 0.148. The van der Waals surface area contributed by atoms with Crippen LogP contribution in [0.25, 0.3) is 0 Å². The van der Waals surface area contributed by atoms with Crippen LogP contribution in [-0.4, -0.2) is 54.3 Å². The van der Waals surface area contributed by atoms with Crippen molar-refractivity contribution in [2.75, 3.05) is 33.2 Å². The maximum Gasteiger partial charge on any atom is 0.176 e. The van der Waals surface area contributed by atoms with Crippen molar-refractivity contribution in [3.63, 3.8) is 0 Å². The number of benzene rings is 1. The smallest absolute Gasteiger partial charge is 0.176 e. The molecule has 0 aliphatic carbocycles. The SMILES string of the molecule is CN1CCN(CC(=O)c2ccccc2)CC1(C)C. The molecule has 1 saturated heterocycles. The van der Waals surface area contributed by atoms with Crippen molar-refractivity contribution in [1.29, 1.82) is 0 Å². The van der Waals surface area contributed by atoms with E-state index in [9.17, 15) is 4.79 Å². The zero-order chi connectivity index (χ0) is 13.2. The second-order valence-corrected chi connectivity index (χ2v) is 5.73. The highest BCUT2D eigenvalue weighted by molar-refractivity contribution is 5.97.